The summed E-state index contributed by atoms with van der Waals surface area (Å²) in [7, 11) is 0. The van der Waals surface area contributed by atoms with Gasteiger partial charge >= 0.3 is 0 Å². The molecule has 0 spiro atoms. The molecule has 1 unspecified atom stereocenters. The Morgan fingerprint density at radius 2 is 1.77 bits per heavy atom. The van der Waals surface area contributed by atoms with Crippen molar-refractivity contribution in [1.29, 1.82) is 0 Å². The van der Waals surface area contributed by atoms with Gasteiger partial charge in [0.25, 0.3) is 0 Å². The highest BCUT2D eigenvalue weighted by Gasteiger charge is 2.11. The van der Waals surface area contributed by atoms with Gasteiger partial charge in [-0.25, -0.2) is 0 Å². The van der Waals surface area contributed by atoms with Crippen LogP contribution in [0.3, 0.4) is 0 Å². The number of hydrogen-bond donors (Lipinski definition) is 1. The van der Waals surface area contributed by atoms with Gasteiger partial charge in [-0.05, 0) is 18.4 Å². The highest BCUT2D eigenvalue weighted by molar-refractivity contribution is 5.24. The summed E-state index contributed by atoms with van der Waals surface area (Å²) in [4.78, 5) is 0. The Labute approximate surface area is 81.0 Å². The van der Waals surface area contributed by atoms with Gasteiger partial charge in [0.15, 0.2) is 0 Å². The molecule has 0 saturated carbocycles. The molecule has 0 saturated heterocycles. The van der Waals surface area contributed by atoms with Crippen LogP contribution in [0.1, 0.15) is 37.4 Å². The van der Waals surface area contributed by atoms with Crippen molar-refractivity contribution in [2.24, 2.45) is 11.7 Å². The van der Waals surface area contributed by atoms with Gasteiger partial charge in [0.05, 0.1) is 0 Å². The molecule has 1 nitrogen and oxygen atoms in total. The lowest BCUT2D eigenvalue weighted by Crippen LogP contribution is -2.18. The number of nitrogens with two attached hydrogens (primary N) is 1. The number of benzene rings is 1. The number of aryl methyl sites for hydroxylation is 1. The van der Waals surface area contributed by atoms with Crippen molar-refractivity contribution in [3.8, 4) is 0 Å². The third kappa shape index (κ3) is 2.56. The molecular formula is C12H19N. The lowest BCUT2D eigenvalue weighted by atomic mass is 9.93. The molecule has 72 valence electrons. The first kappa shape index (κ1) is 10.3. The van der Waals surface area contributed by atoms with Crippen LogP contribution in [-0.4, -0.2) is 0 Å². The van der Waals surface area contributed by atoms with E-state index in [4.69, 9.17) is 5.73 Å². The topological polar surface area (TPSA) is 26.0 Å². The Morgan fingerprint density at radius 3 is 2.23 bits per heavy atom. The predicted octanol–water partition coefficient (Wildman–Crippen LogP) is 3.04. The van der Waals surface area contributed by atoms with Gasteiger partial charge in [-0.2, -0.15) is 0 Å². The maximum absolute atomic E-state index is 6.10. The van der Waals surface area contributed by atoms with Crippen molar-refractivity contribution >= 4 is 0 Å². The molecule has 0 bridgehead atoms. The lowest BCUT2D eigenvalue weighted by Gasteiger charge is -2.18. The second-order valence-electron chi connectivity index (χ2n) is 3.82. The average Bonchev–Trinajstić information content (AvgIpc) is 2.17. The summed E-state index contributed by atoms with van der Waals surface area (Å²) in [6.07, 6.45) is 1.13. The summed E-state index contributed by atoms with van der Waals surface area (Å²) >= 11 is 0. The summed E-state index contributed by atoms with van der Waals surface area (Å²) in [6, 6.07) is 8.69. The smallest absolute Gasteiger partial charge is 0.0320 e. The minimum Gasteiger partial charge on any atom is -0.324 e. The molecule has 0 aromatic heterocycles. The highest BCUT2D eigenvalue weighted by Crippen LogP contribution is 2.21. The first-order valence-electron chi connectivity index (χ1n) is 4.97. The largest absolute Gasteiger partial charge is 0.324 e. The molecule has 1 heteroatoms. The molecule has 1 aromatic rings. The summed E-state index contributed by atoms with van der Waals surface area (Å²) in [5, 5.41) is 0. The molecular weight excluding hydrogens is 158 g/mol. The van der Waals surface area contributed by atoms with Crippen molar-refractivity contribution in [3.63, 3.8) is 0 Å². The lowest BCUT2D eigenvalue weighted by molar-refractivity contribution is 0.457. The maximum Gasteiger partial charge on any atom is 0.0320 e. The fraction of sp³-hybridized carbons (Fsp3) is 0.500. The van der Waals surface area contributed by atoms with E-state index in [-0.39, 0.29) is 6.04 Å². The molecule has 1 aromatic carbocycles. The quantitative estimate of drug-likeness (QED) is 0.754. The van der Waals surface area contributed by atoms with Crippen LogP contribution in [0.15, 0.2) is 24.3 Å². The Morgan fingerprint density at radius 1 is 1.23 bits per heavy atom. The van der Waals surface area contributed by atoms with Crippen molar-refractivity contribution in [3.05, 3.63) is 35.4 Å². The van der Waals surface area contributed by atoms with Gasteiger partial charge in [0.1, 0.15) is 0 Å². The monoisotopic (exact) mass is 177 g/mol. The van der Waals surface area contributed by atoms with E-state index >= 15 is 0 Å². The first-order valence-corrected chi connectivity index (χ1v) is 4.97. The minimum absolute atomic E-state index is 0.186. The van der Waals surface area contributed by atoms with Crippen LogP contribution in [-0.2, 0) is 0 Å². The average molecular weight is 177 g/mol. The Bertz CT molecular complexity index is 250. The molecule has 0 aliphatic heterocycles. The fourth-order valence-electron chi connectivity index (χ4n) is 1.37. The van der Waals surface area contributed by atoms with Crippen LogP contribution < -0.4 is 5.73 Å². The molecule has 0 heterocycles. The van der Waals surface area contributed by atoms with E-state index in [1.54, 1.807) is 0 Å². The molecule has 13 heavy (non-hydrogen) atoms. The van der Waals surface area contributed by atoms with E-state index in [0.717, 1.165) is 6.42 Å². The van der Waals surface area contributed by atoms with Crippen molar-refractivity contribution in [2.45, 2.75) is 33.2 Å². The van der Waals surface area contributed by atoms with E-state index < -0.39 is 0 Å². The predicted molar refractivity (Wildman–Crippen MR) is 57.6 cm³/mol. The molecule has 0 amide bonds. The van der Waals surface area contributed by atoms with Crippen molar-refractivity contribution in [1.82, 2.24) is 0 Å². The van der Waals surface area contributed by atoms with Gasteiger partial charge in [-0.15, -0.1) is 0 Å². The van der Waals surface area contributed by atoms with E-state index in [2.05, 4.69) is 45.0 Å². The second-order valence-corrected chi connectivity index (χ2v) is 3.82. The standard InChI is InChI=1S/C12H19N/c1-4-10(3)12(13)11-7-5-9(2)6-8-11/h5-8,10,12H,4,13H2,1-3H3/t10?,12-/m1/s1. The van der Waals surface area contributed by atoms with Crippen LogP contribution in [0, 0.1) is 12.8 Å². The summed E-state index contributed by atoms with van der Waals surface area (Å²) in [5.41, 5.74) is 8.64. The highest BCUT2D eigenvalue weighted by atomic mass is 14.6. The van der Waals surface area contributed by atoms with Gasteiger partial charge in [-0.1, -0.05) is 50.1 Å². The van der Waals surface area contributed by atoms with E-state index in [9.17, 15) is 0 Å². The van der Waals surface area contributed by atoms with E-state index in [1.807, 2.05) is 0 Å². The van der Waals surface area contributed by atoms with Gasteiger partial charge < -0.3 is 5.73 Å². The number of hydrogen-bond acceptors (Lipinski definition) is 1. The van der Waals surface area contributed by atoms with E-state index in [0.29, 0.717) is 5.92 Å². The molecule has 0 fully saturated rings. The van der Waals surface area contributed by atoms with Gasteiger partial charge in [0.2, 0.25) is 0 Å². The zero-order valence-corrected chi connectivity index (χ0v) is 8.75. The molecule has 2 N–H and O–H groups in total. The molecule has 0 aliphatic carbocycles. The van der Waals surface area contributed by atoms with Crippen molar-refractivity contribution in [2.75, 3.05) is 0 Å². The van der Waals surface area contributed by atoms with Crippen LogP contribution in [0.5, 0.6) is 0 Å². The first-order chi connectivity index (χ1) is 6.15. The summed E-state index contributed by atoms with van der Waals surface area (Å²) in [6.45, 7) is 6.47. The number of rotatable bonds is 3. The molecule has 2 atom stereocenters. The SMILES string of the molecule is CCC(C)[C@@H](N)c1ccc(C)cc1. The molecule has 0 radical (unpaired) electrons. The molecule has 1 rings (SSSR count). The zero-order chi connectivity index (χ0) is 9.84. The second kappa shape index (κ2) is 4.43. The zero-order valence-electron chi connectivity index (χ0n) is 8.75. The normalized spacial score (nSPS) is 15.4. The van der Waals surface area contributed by atoms with Crippen LogP contribution in [0.2, 0.25) is 0 Å². The van der Waals surface area contributed by atoms with Gasteiger partial charge in [0, 0.05) is 6.04 Å². The van der Waals surface area contributed by atoms with E-state index in [1.165, 1.54) is 11.1 Å². The Balaban J connectivity index is 2.77. The van der Waals surface area contributed by atoms with Crippen LogP contribution in [0.25, 0.3) is 0 Å². The maximum atomic E-state index is 6.10. The summed E-state index contributed by atoms with van der Waals surface area (Å²) in [5.74, 6) is 0.558. The third-order valence-electron chi connectivity index (χ3n) is 2.72. The molecule has 0 aliphatic rings. The Kier molecular flexibility index (Phi) is 3.49. The summed E-state index contributed by atoms with van der Waals surface area (Å²) < 4.78 is 0. The Hall–Kier alpha value is -0.820. The van der Waals surface area contributed by atoms with Crippen LogP contribution in [0.4, 0.5) is 0 Å². The van der Waals surface area contributed by atoms with Crippen LogP contribution >= 0.6 is 0 Å². The van der Waals surface area contributed by atoms with Gasteiger partial charge in [-0.3, -0.25) is 0 Å². The van der Waals surface area contributed by atoms with Crippen molar-refractivity contribution < 1.29 is 0 Å². The third-order valence-corrected chi connectivity index (χ3v) is 2.72. The fourth-order valence-corrected chi connectivity index (χ4v) is 1.37. The minimum atomic E-state index is 0.186.